The number of anilines is 1. The molecule has 8 nitrogen and oxygen atoms in total. The number of nitrogens with zero attached hydrogens (tertiary/aromatic N) is 3. The molecule has 2 bridgehead atoms. The van der Waals surface area contributed by atoms with Crippen molar-refractivity contribution in [2.75, 3.05) is 12.3 Å². The van der Waals surface area contributed by atoms with Gasteiger partial charge in [-0.1, -0.05) is 12.1 Å². The van der Waals surface area contributed by atoms with Crippen LogP contribution in [-0.2, 0) is 6.54 Å². The van der Waals surface area contributed by atoms with E-state index in [1.54, 1.807) is 0 Å². The molecule has 4 aliphatic rings. The van der Waals surface area contributed by atoms with Crippen molar-refractivity contribution in [3.05, 3.63) is 54.1 Å². The predicted molar refractivity (Wildman–Crippen MR) is 130 cm³/mol. The molecule has 0 saturated heterocycles. The number of benzene rings is 1. The Morgan fingerprint density at radius 1 is 1.14 bits per heavy atom. The van der Waals surface area contributed by atoms with Crippen LogP contribution in [0, 0.1) is 5.41 Å². The van der Waals surface area contributed by atoms with Gasteiger partial charge >= 0.3 is 0 Å². The van der Waals surface area contributed by atoms with E-state index in [4.69, 9.17) is 5.73 Å². The monoisotopic (exact) mass is 476 g/mol. The van der Waals surface area contributed by atoms with Crippen LogP contribution in [0.1, 0.15) is 48.9 Å². The molecule has 4 atom stereocenters. The Morgan fingerprint density at radius 2 is 1.97 bits per heavy atom. The van der Waals surface area contributed by atoms with E-state index in [0.29, 0.717) is 43.7 Å². The number of nitrogens with two attached hydrogens (primary N) is 1. The van der Waals surface area contributed by atoms with Gasteiger partial charge in [0, 0.05) is 36.4 Å². The first kappa shape index (κ1) is 21.3. The summed E-state index contributed by atoms with van der Waals surface area (Å²) in [6.45, 7) is 1.57. The molecule has 35 heavy (non-hydrogen) atoms. The van der Waals surface area contributed by atoms with Crippen LogP contribution in [-0.4, -0.2) is 54.2 Å². The average molecular weight is 477 g/mol. The number of aliphatic hydroxyl groups is 2. The first-order chi connectivity index (χ1) is 16.8. The lowest BCUT2D eigenvalue weighted by atomic mass is 9.42. The number of aromatic nitrogens is 4. The number of H-pyrrole nitrogens is 1. The van der Waals surface area contributed by atoms with E-state index < -0.39 is 17.9 Å². The summed E-state index contributed by atoms with van der Waals surface area (Å²) in [7, 11) is 0. The summed E-state index contributed by atoms with van der Waals surface area (Å²) in [5.74, 6) is 0.189. The van der Waals surface area contributed by atoms with E-state index in [1.807, 2.05) is 22.9 Å². The van der Waals surface area contributed by atoms with Gasteiger partial charge in [-0.25, -0.2) is 14.4 Å². The summed E-state index contributed by atoms with van der Waals surface area (Å²) >= 11 is 0. The van der Waals surface area contributed by atoms with E-state index >= 15 is 0 Å². The van der Waals surface area contributed by atoms with Crippen LogP contribution in [0.25, 0.3) is 21.9 Å². The quantitative estimate of drug-likeness (QED) is 0.291. The standard InChI is InChI=1S/C26H29FN6O2/c27-26-9-25(10-26,11-26)12-29-8-16-5-15-2-1-14(6-19(15)32-16)18-7-20(22(35)21(18)34)33-4-3-17-23(28)30-13-31-24(17)33/h1-6,13,18,20-22,29,32,34-35H,7-12H2,(H2,28,30,31)/t18-,20-,21-,22+,25?,26?/m1/s1. The SMILES string of the molecule is Nc1ncnc2c1ccn2[C@@H]1C[C@H](c2ccc3cc(CNCC45CC(F)(C4)C5)[nH]c3c2)[C@@H](O)[C@H]1O. The third-order valence-corrected chi connectivity index (χ3v) is 8.57. The van der Waals surface area contributed by atoms with Gasteiger partial charge in [0.15, 0.2) is 0 Å². The number of aliphatic hydroxyl groups excluding tert-OH is 2. The molecule has 9 heteroatoms. The Morgan fingerprint density at radius 3 is 2.77 bits per heavy atom. The minimum atomic E-state index is -0.925. The fraction of sp³-hybridized carbons (Fsp3) is 0.462. The fourth-order valence-electron chi connectivity index (χ4n) is 6.92. The predicted octanol–water partition coefficient (Wildman–Crippen LogP) is 2.93. The van der Waals surface area contributed by atoms with Crippen molar-refractivity contribution in [1.29, 1.82) is 0 Å². The molecule has 0 aliphatic heterocycles. The minimum Gasteiger partial charge on any atom is -0.390 e. The molecule has 4 aliphatic carbocycles. The number of halogens is 1. The third-order valence-electron chi connectivity index (χ3n) is 8.57. The second-order valence-corrected chi connectivity index (χ2v) is 11.0. The average Bonchev–Trinajstić information content (AvgIpc) is 3.48. The van der Waals surface area contributed by atoms with E-state index in [0.717, 1.165) is 34.1 Å². The molecule has 3 aromatic heterocycles. The fourth-order valence-corrected chi connectivity index (χ4v) is 6.92. The van der Waals surface area contributed by atoms with E-state index in [1.165, 1.54) is 6.33 Å². The van der Waals surface area contributed by atoms with Gasteiger partial charge < -0.3 is 30.8 Å². The van der Waals surface area contributed by atoms with Gasteiger partial charge in [0.1, 0.15) is 29.6 Å². The van der Waals surface area contributed by atoms with Crippen molar-refractivity contribution in [3.63, 3.8) is 0 Å². The number of aromatic amines is 1. The summed E-state index contributed by atoms with van der Waals surface area (Å²) in [5.41, 5.74) is 9.04. The van der Waals surface area contributed by atoms with Crippen molar-refractivity contribution >= 4 is 27.8 Å². The summed E-state index contributed by atoms with van der Waals surface area (Å²) < 4.78 is 15.6. The van der Waals surface area contributed by atoms with Gasteiger partial charge in [-0.3, -0.25) is 0 Å². The molecule has 6 N–H and O–H groups in total. The number of fused-ring (bicyclic) bond motifs is 2. The van der Waals surface area contributed by atoms with Crippen molar-refractivity contribution in [3.8, 4) is 0 Å². The van der Waals surface area contributed by atoms with E-state index in [-0.39, 0.29) is 17.4 Å². The van der Waals surface area contributed by atoms with E-state index in [9.17, 15) is 14.6 Å². The van der Waals surface area contributed by atoms with Gasteiger partial charge in [0.2, 0.25) is 0 Å². The van der Waals surface area contributed by atoms with Gasteiger partial charge in [0.25, 0.3) is 0 Å². The highest BCUT2D eigenvalue weighted by molar-refractivity contribution is 5.86. The smallest absolute Gasteiger partial charge is 0.145 e. The molecule has 8 rings (SSSR count). The molecule has 1 aromatic carbocycles. The lowest BCUT2D eigenvalue weighted by molar-refractivity contribution is -0.209. The molecule has 3 heterocycles. The molecular formula is C26H29FN6O2. The van der Waals surface area contributed by atoms with Crippen molar-refractivity contribution < 1.29 is 14.6 Å². The minimum absolute atomic E-state index is 0.187. The Hall–Kier alpha value is -3.01. The van der Waals surface area contributed by atoms with Gasteiger partial charge in [-0.05, 0) is 60.2 Å². The number of rotatable bonds is 6. The van der Waals surface area contributed by atoms with Gasteiger partial charge in [-0.15, -0.1) is 0 Å². The van der Waals surface area contributed by atoms with Crippen LogP contribution in [0.2, 0.25) is 0 Å². The zero-order valence-electron chi connectivity index (χ0n) is 19.3. The van der Waals surface area contributed by atoms with Crippen molar-refractivity contribution in [2.45, 2.75) is 62.1 Å². The van der Waals surface area contributed by atoms with E-state index in [2.05, 4.69) is 38.5 Å². The first-order valence-corrected chi connectivity index (χ1v) is 12.3. The Labute approximate surface area is 201 Å². The summed E-state index contributed by atoms with van der Waals surface area (Å²) in [6, 6.07) is 9.83. The largest absolute Gasteiger partial charge is 0.390 e. The highest BCUT2D eigenvalue weighted by Crippen LogP contribution is 2.69. The molecule has 0 spiro atoms. The Bertz CT molecular complexity index is 1430. The number of hydrogen-bond donors (Lipinski definition) is 5. The topological polar surface area (TPSA) is 125 Å². The lowest BCUT2D eigenvalue weighted by Crippen LogP contribution is -2.67. The molecular weight excluding hydrogens is 447 g/mol. The molecule has 0 unspecified atom stereocenters. The number of hydrogen-bond acceptors (Lipinski definition) is 6. The Balaban J connectivity index is 1.09. The molecule has 4 fully saturated rings. The van der Waals surface area contributed by atoms with Gasteiger partial charge in [0.05, 0.1) is 17.5 Å². The maximum absolute atomic E-state index is 13.7. The zero-order valence-corrected chi connectivity index (χ0v) is 19.3. The Kier molecular flexibility index (Phi) is 4.41. The van der Waals surface area contributed by atoms with Crippen LogP contribution >= 0.6 is 0 Å². The molecule has 4 saturated carbocycles. The normalized spacial score (nSPS) is 33.8. The molecule has 4 aromatic rings. The van der Waals surface area contributed by atoms with Crippen molar-refractivity contribution in [1.82, 2.24) is 24.8 Å². The summed E-state index contributed by atoms with van der Waals surface area (Å²) in [5, 5.41) is 27.2. The highest BCUT2D eigenvalue weighted by Gasteiger charge is 2.68. The molecule has 182 valence electrons. The summed E-state index contributed by atoms with van der Waals surface area (Å²) in [4.78, 5) is 11.9. The number of alkyl halides is 1. The third kappa shape index (κ3) is 3.22. The van der Waals surface area contributed by atoms with Crippen LogP contribution < -0.4 is 11.1 Å². The second kappa shape index (κ2) is 7.25. The molecule has 0 radical (unpaired) electrons. The van der Waals surface area contributed by atoms with Gasteiger partial charge in [-0.2, -0.15) is 0 Å². The lowest BCUT2D eigenvalue weighted by Gasteiger charge is -2.66. The van der Waals surface area contributed by atoms with Crippen LogP contribution in [0.5, 0.6) is 0 Å². The second-order valence-electron chi connectivity index (χ2n) is 11.0. The maximum atomic E-state index is 13.7. The van der Waals surface area contributed by atoms with Crippen LogP contribution in [0.3, 0.4) is 0 Å². The van der Waals surface area contributed by atoms with Crippen molar-refractivity contribution in [2.24, 2.45) is 5.41 Å². The summed E-state index contributed by atoms with van der Waals surface area (Å²) in [6.07, 6.45) is 4.15. The number of nitrogens with one attached hydrogen (secondary N) is 2. The first-order valence-electron chi connectivity index (χ1n) is 12.3. The highest BCUT2D eigenvalue weighted by atomic mass is 19.1. The maximum Gasteiger partial charge on any atom is 0.145 e. The van der Waals surface area contributed by atoms with Crippen LogP contribution in [0.4, 0.5) is 10.2 Å². The zero-order chi connectivity index (χ0) is 23.9. The number of nitrogen functional groups attached to an aromatic ring is 1. The molecule has 0 amide bonds. The van der Waals surface area contributed by atoms with Crippen LogP contribution in [0.15, 0.2) is 42.9 Å².